The van der Waals surface area contributed by atoms with Crippen molar-refractivity contribution in [3.8, 4) is 0 Å². The predicted octanol–water partition coefficient (Wildman–Crippen LogP) is 1.84. The molecule has 19 heavy (non-hydrogen) atoms. The van der Waals surface area contributed by atoms with E-state index in [9.17, 15) is 4.79 Å². The summed E-state index contributed by atoms with van der Waals surface area (Å²) in [7, 11) is 1.69. The molecular formula is C15H24N2O2. The molecule has 0 aliphatic heterocycles. The Kier molecular flexibility index (Phi) is 7.15. The molecule has 0 fully saturated rings. The van der Waals surface area contributed by atoms with Crippen LogP contribution in [0.1, 0.15) is 31.4 Å². The van der Waals surface area contributed by atoms with Gasteiger partial charge < -0.3 is 15.4 Å². The third kappa shape index (κ3) is 6.36. The lowest BCUT2D eigenvalue weighted by atomic mass is 10.1. The molecule has 0 unspecified atom stereocenters. The normalized spacial score (nSPS) is 10.7. The molecule has 0 saturated heterocycles. The highest BCUT2D eigenvalue weighted by Crippen LogP contribution is 2.09. The van der Waals surface area contributed by atoms with E-state index in [0.29, 0.717) is 19.6 Å². The fraction of sp³-hybridized carbons (Fsp3) is 0.533. The number of hydrogen-bond donors (Lipinski definition) is 2. The predicted molar refractivity (Wildman–Crippen MR) is 76.8 cm³/mol. The van der Waals surface area contributed by atoms with Crippen molar-refractivity contribution in [3.05, 3.63) is 35.4 Å². The fourth-order valence-corrected chi connectivity index (χ4v) is 1.85. The van der Waals surface area contributed by atoms with Gasteiger partial charge in [-0.3, -0.25) is 4.79 Å². The smallest absolute Gasteiger partial charge is 0.221 e. The van der Waals surface area contributed by atoms with Gasteiger partial charge in [0.05, 0.1) is 6.61 Å². The fourth-order valence-electron chi connectivity index (χ4n) is 1.85. The zero-order chi connectivity index (χ0) is 14.1. The molecule has 0 aromatic heterocycles. The molecule has 0 spiro atoms. The molecule has 0 saturated carbocycles. The Balaban J connectivity index is 2.31. The van der Waals surface area contributed by atoms with E-state index in [1.54, 1.807) is 7.11 Å². The van der Waals surface area contributed by atoms with E-state index in [0.717, 1.165) is 6.54 Å². The van der Waals surface area contributed by atoms with Crippen LogP contribution in [0.2, 0.25) is 0 Å². The second-order valence-corrected chi connectivity index (χ2v) is 4.85. The molecule has 4 nitrogen and oxygen atoms in total. The van der Waals surface area contributed by atoms with Crippen molar-refractivity contribution in [1.82, 2.24) is 10.6 Å². The van der Waals surface area contributed by atoms with Crippen molar-refractivity contribution >= 4 is 5.91 Å². The van der Waals surface area contributed by atoms with Gasteiger partial charge in [0.2, 0.25) is 5.91 Å². The van der Waals surface area contributed by atoms with Crippen molar-refractivity contribution in [2.24, 2.45) is 0 Å². The average molecular weight is 264 g/mol. The average Bonchev–Trinajstić information content (AvgIpc) is 2.36. The zero-order valence-electron chi connectivity index (χ0n) is 12.0. The quantitative estimate of drug-likeness (QED) is 0.704. The molecule has 4 heteroatoms. The molecule has 0 atom stereocenters. The first-order valence-electron chi connectivity index (χ1n) is 6.69. The highest BCUT2D eigenvalue weighted by Gasteiger charge is 2.04. The van der Waals surface area contributed by atoms with Crippen LogP contribution in [0.5, 0.6) is 0 Å². The Morgan fingerprint density at radius 1 is 1.26 bits per heavy atom. The maximum Gasteiger partial charge on any atom is 0.221 e. The number of carbonyl (C=O) groups excluding carboxylic acids is 1. The maximum atomic E-state index is 11.5. The summed E-state index contributed by atoms with van der Waals surface area (Å²) in [5.41, 5.74) is 2.40. The lowest BCUT2D eigenvalue weighted by molar-refractivity contribution is -0.121. The van der Waals surface area contributed by atoms with Gasteiger partial charge in [0.25, 0.3) is 0 Å². The van der Waals surface area contributed by atoms with Crippen LogP contribution < -0.4 is 10.6 Å². The summed E-state index contributed by atoms with van der Waals surface area (Å²) < 4.78 is 5.16. The molecule has 0 aliphatic carbocycles. The van der Waals surface area contributed by atoms with Gasteiger partial charge in [-0.1, -0.05) is 24.3 Å². The largest absolute Gasteiger partial charge is 0.380 e. The van der Waals surface area contributed by atoms with Crippen molar-refractivity contribution in [1.29, 1.82) is 0 Å². The van der Waals surface area contributed by atoms with Gasteiger partial charge in [0.15, 0.2) is 0 Å². The van der Waals surface area contributed by atoms with E-state index < -0.39 is 0 Å². The Morgan fingerprint density at radius 2 is 1.95 bits per heavy atom. The van der Waals surface area contributed by atoms with Crippen molar-refractivity contribution in [2.45, 2.75) is 39.5 Å². The third-order valence-electron chi connectivity index (χ3n) is 2.71. The van der Waals surface area contributed by atoms with Gasteiger partial charge in [0.1, 0.15) is 0 Å². The first-order chi connectivity index (χ1) is 9.13. The number of rotatable bonds is 8. The first kappa shape index (κ1) is 15.7. The van der Waals surface area contributed by atoms with Crippen LogP contribution in [-0.2, 0) is 22.7 Å². The molecule has 106 valence electrons. The standard InChI is InChI=1S/C15H24N2O2/c1-12(2)17-15(18)8-9-16-10-13-6-4-5-7-14(13)11-19-3/h4-7,12,16H,8-11H2,1-3H3,(H,17,18). The Bertz CT molecular complexity index is 391. The summed E-state index contributed by atoms with van der Waals surface area (Å²) in [4.78, 5) is 11.5. The van der Waals surface area contributed by atoms with Crippen LogP contribution in [0.25, 0.3) is 0 Å². The third-order valence-corrected chi connectivity index (χ3v) is 2.71. The number of hydrogen-bond acceptors (Lipinski definition) is 3. The van der Waals surface area contributed by atoms with Gasteiger partial charge in [-0.25, -0.2) is 0 Å². The van der Waals surface area contributed by atoms with E-state index in [-0.39, 0.29) is 11.9 Å². The molecule has 1 rings (SSSR count). The van der Waals surface area contributed by atoms with Crippen molar-refractivity contribution in [3.63, 3.8) is 0 Å². The molecule has 1 amide bonds. The summed E-state index contributed by atoms with van der Waals surface area (Å²) in [6.45, 7) is 5.98. The second kappa shape index (κ2) is 8.67. The van der Waals surface area contributed by atoms with E-state index >= 15 is 0 Å². The van der Waals surface area contributed by atoms with E-state index in [1.165, 1.54) is 11.1 Å². The first-order valence-corrected chi connectivity index (χ1v) is 6.69. The molecule has 1 aromatic carbocycles. The summed E-state index contributed by atoms with van der Waals surface area (Å²) in [5, 5.41) is 6.16. The number of benzene rings is 1. The SMILES string of the molecule is COCc1ccccc1CNCCC(=O)NC(C)C. The highest BCUT2D eigenvalue weighted by atomic mass is 16.5. The van der Waals surface area contributed by atoms with Gasteiger partial charge in [-0.2, -0.15) is 0 Å². The van der Waals surface area contributed by atoms with E-state index in [4.69, 9.17) is 4.74 Å². The summed E-state index contributed by atoms with van der Waals surface area (Å²) in [5.74, 6) is 0.0904. The Labute approximate surface area is 115 Å². The van der Waals surface area contributed by atoms with Crippen LogP contribution in [0.4, 0.5) is 0 Å². The second-order valence-electron chi connectivity index (χ2n) is 4.85. The van der Waals surface area contributed by atoms with Crippen LogP contribution in [-0.4, -0.2) is 25.6 Å². The van der Waals surface area contributed by atoms with Gasteiger partial charge in [-0.05, 0) is 25.0 Å². The molecule has 1 aromatic rings. The van der Waals surface area contributed by atoms with Crippen molar-refractivity contribution < 1.29 is 9.53 Å². The zero-order valence-corrected chi connectivity index (χ0v) is 12.0. The number of methoxy groups -OCH3 is 1. The summed E-state index contributed by atoms with van der Waals surface area (Å²) >= 11 is 0. The van der Waals surface area contributed by atoms with Crippen LogP contribution in [0.3, 0.4) is 0 Å². The monoisotopic (exact) mass is 264 g/mol. The molecule has 0 heterocycles. The van der Waals surface area contributed by atoms with E-state index in [1.807, 2.05) is 26.0 Å². The lowest BCUT2D eigenvalue weighted by Gasteiger charge is -2.11. The lowest BCUT2D eigenvalue weighted by Crippen LogP contribution is -2.32. The minimum Gasteiger partial charge on any atom is -0.380 e. The van der Waals surface area contributed by atoms with Gasteiger partial charge in [0, 0.05) is 32.7 Å². The molecule has 0 aliphatic rings. The molecule has 2 N–H and O–H groups in total. The van der Waals surface area contributed by atoms with Crippen LogP contribution in [0, 0.1) is 0 Å². The summed E-state index contributed by atoms with van der Waals surface area (Å²) in [6.07, 6.45) is 0.505. The molecular weight excluding hydrogens is 240 g/mol. The topological polar surface area (TPSA) is 50.4 Å². The highest BCUT2D eigenvalue weighted by molar-refractivity contribution is 5.76. The number of ether oxygens (including phenoxy) is 1. The minimum absolute atomic E-state index is 0.0904. The van der Waals surface area contributed by atoms with Gasteiger partial charge in [-0.15, -0.1) is 0 Å². The number of carbonyl (C=O) groups is 1. The van der Waals surface area contributed by atoms with Crippen LogP contribution in [0.15, 0.2) is 24.3 Å². The Hall–Kier alpha value is -1.39. The van der Waals surface area contributed by atoms with Crippen molar-refractivity contribution in [2.75, 3.05) is 13.7 Å². The van der Waals surface area contributed by atoms with Gasteiger partial charge >= 0.3 is 0 Å². The number of amides is 1. The number of nitrogens with one attached hydrogen (secondary N) is 2. The van der Waals surface area contributed by atoms with Crippen LogP contribution >= 0.6 is 0 Å². The maximum absolute atomic E-state index is 11.5. The summed E-state index contributed by atoms with van der Waals surface area (Å²) in [6, 6.07) is 8.37. The van der Waals surface area contributed by atoms with E-state index in [2.05, 4.69) is 22.8 Å². The Morgan fingerprint density at radius 3 is 2.58 bits per heavy atom. The molecule has 0 radical (unpaired) electrons. The minimum atomic E-state index is 0.0904. The molecule has 0 bridgehead atoms.